The van der Waals surface area contributed by atoms with Crippen molar-refractivity contribution in [3.8, 4) is 5.69 Å². The van der Waals surface area contributed by atoms with E-state index in [2.05, 4.69) is 19.8 Å². The number of aromatic nitrogens is 4. The minimum atomic E-state index is 0.0648. The van der Waals surface area contributed by atoms with Gasteiger partial charge < -0.3 is 4.90 Å². The van der Waals surface area contributed by atoms with Crippen molar-refractivity contribution in [1.29, 1.82) is 0 Å². The van der Waals surface area contributed by atoms with Gasteiger partial charge in [-0.15, -0.1) is 0 Å². The van der Waals surface area contributed by atoms with Gasteiger partial charge in [-0.1, -0.05) is 18.2 Å². The zero-order valence-corrected chi connectivity index (χ0v) is 15.7. The standard InChI is InChI=1S/C20H24N6O/c1-16-18(19(27)26(23(16)2)17-7-4-3-5-8-17)15-24-11-13-25(14-12-24)20-21-9-6-10-22-20/h3-10H,11-15H2,1-2H3. The summed E-state index contributed by atoms with van der Waals surface area (Å²) < 4.78 is 3.69. The molecular formula is C20H24N6O. The Labute approximate surface area is 158 Å². The fraction of sp³-hybridized carbons (Fsp3) is 0.350. The van der Waals surface area contributed by atoms with E-state index in [4.69, 9.17) is 0 Å². The summed E-state index contributed by atoms with van der Waals surface area (Å²) in [6.45, 7) is 6.19. The van der Waals surface area contributed by atoms with E-state index in [1.54, 1.807) is 17.1 Å². The molecule has 2 aromatic heterocycles. The zero-order chi connectivity index (χ0) is 18.8. The van der Waals surface area contributed by atoms with E-state index < -0.39 is 0 Å². The lowest BCUT2D eigenvalue weighted by atomic mass is 10.2. The molecule has 7 heteroatoms. The number of hydrogen-bond donors (Lipinski definition) is 0. The molecule has 0 radical (unpaired) electrons. The SMILES string of the molecule is Cc1c(CN2CCN(c3ncccn3)CC2)c(=O)n(-c2ccccc2)n1C. The van der Waals surface area contributed by atoms with Crippen molar-refractivity contribution in [2.24, 2.45) is 7.05 Å². The van der Waals surface area contributed by atoms with Gasteiger partial charge in [-0.2, -0.15) is 0 Å². The highest BCUT2D eigenvalue weighted by Crippen LogP contribution is 2.15. The number of nitrogens with zero attached hydrogens (tertiary/aromatic N) is 6. The van der Waals surface area contributed by atoms with Gasteiger partial charge in [0.1, 0.15) is 0 Å². The highest BCUT2D eigenvalue weighted by molar-refractivity contribution is 5.34. The van der Waals surface area contributed by atoms with Gasteiger partial charge in [0.25, 0.3) is 5.56 Å². The van der Waals surface area contributed by atoms with E-state index in [-0.39, 0.29) is 5.56 Å². The van der Waals surface area contributed by atoms with Crippen molar-refractivity contribution in [3.05, 3.63) is 70.4 Å². The largest absolute Gasteiger partial charge is 0.338 e. The van der Waals surface area contributed by atoms with E-state index in [0.29, 0.717) is 6.54 Å². The molecule has 1 aliphatic heterocycles. The third-order valence-electron chi connectivity index (χ3n) is 5.26. The summed E-state index contributed by atoms with van der Waals surface area (Å²) >= 11 is 0. The lowest BCUT2D eigenvalue weighted by molar-refractivity contribution is 0.247. The summed E-state index contributed by atoms with van der Waals surface area (Å²) in [6.07, 6.45) is 3.54. The van der Waals surface area contributed by atoms with Crippen LogP contribution in [0.2, 0.25) is 0 Å². The van der Waals surface area contributed by atoms with E-state index in [0.717, 1.165) is 49.1 Å². The number of para-hydroxylation sites is 1. The number of anilines is 1. The van der Waals surface area contributed by atoms with Crippen LogP contribution in [0.1, 0.15) is 11.3 Å². The topological polar surface area (TPSA) is 59.2 Å². The third kappa shape index (κ3) is 3.38. The molecule has 0 unspecified atom stereocenters. The molecule has 4 rings (SSSR count). The maximum Gasteiger partial charge on any atom is 0.276 e. The van der Waals surface area contributed by atoms with Gasteiger partial charge in [0, 0.05) is 57.9 Å². The molecular weight excluding hydrogens is 340 g/mol. The summed E-state index contributed by atoms with van der Waals surface area (Å²) in [4.78, 5) is 26.2. The van der Waals surface area contributed by atoms with Gasteiger partial charge in [-0.05, 0) is 25.1 Å². The lowest BCUT2D eigenvalue weighted by Crippen LogP contribution is -2.47. The maximum absolute atomic E-state index is 13.1. The fourth-order valence-corrected chi connectivity index (χ4v) is 3.59. The summed E-state index contributed by atoms with van der Waals surface area (Å²) in [5.41, 5.74) is 2.84. The van der Waals surface area contributed by atoms with Crippen LogP contribution in [0.3, 0.4) is 0 Å². The van der Waals surface area contributed by atoms with Crippen LogP contribution in [0.4, 0.5) is 5.95 Å². The van der Waals surface area contributed by atoms with Gasteiger partial charge in [0.2, 0.25) is 5.95 Å². The first-order valence-electron chi connectivity index (χ1n) is 9.22. The molecule has 7 nitrogen and oxygen atoms in total. The maximum atomic E-state index is 13.1. The Bertz CT molecular complexity index is 955. The summed E-state index contributed by atoms with van der Waals surface area (Å²) in [5, 5.41) is 0. The first-order chi connectivity index (χ1) is 13.1. The first-order valence-corrected chi connectivity index (χ1v) is 9.22. The molecule has 0 bridgehead atoms. The molecule has 1 aliphatic rings. The molecule has 3 heterocycles. The van der Waals surface area contributed by atoms with E-state index in [9.17, 15) is 4.79 Å². The molecule has 0 amide bonds. The van der Waals surface area contributed by atoms with Gasteiger partial charge in [-0.25, -0.2) is 14.6 Å². The van der Waals surface area contributed by atoms with Crippen LogP contribution in [0, 0.1) is 6.92 Å². The molecule has 0 atom stereocenters. The van der Waals surface area contributed by atoms with Crippen LogP contribution in [0.15, 0.2) is 53.6 Å². The predicted molar refractivity (Wildman–Crippen MR) is 105 cm³/mol. The number of hydrogen-bond acceptors (Lipinski definition) is 5. The van der Waals surface area contributed by atoms with Crippen LogP contribution >= 0.6 is 0 Å². The molecule has 0 aliphatic carbocycles. The molecule has 140 valence electrons. The predicted octanol–water partition coefficient (Wildman–Crippen LogP) is 1.60. The van der Waals surface area contributed by atoms with E-state index in [1.807, 2.05) is 55.1 Å². The second-order valence-corrected chi connectivity index (χ2v) is 6.85. The molecule has 1 saturated heterocycles. The van der Waals surface area contributed by atoms with E-state index >= 15 is 0 Å². The average molecular weight is 364 g/mol. The van der Waals surface area contributed by atoms with Crippen molar-refractivity contribution in [2.45, 2.75) is 13.5 Å². The number of rotatable bonds is 4. The van der Waals surface area contributed by atoms with Crippen LogP contribution in [0.25, 0.3) is 5.69 Å². The second kappa shape index (κ2) is 7.36. The Balaban J connectivity index is 1.50. The minimum Gasteiger partial charge on any atom is -0.338 e. The van der Waals surface area contributed by atoms with Crippen molar-refractivity contribution < 1.29 is 0 Å². The van der Waals surface area contributed by atoms with Gasteiger partial charge >= 0.3 is 0 Å². The van der Waals surface area contributed by atoms with Gasteiger partial charge in [0.05, 0.1) is 11.3 Å². The molecule has 1 fully saturated rings. The number of benzene rings is 1. The Morgan fingerprint density at radius 1 is 0.963 bits per heavy atom. The van der Waals surface area contributed by atoms with E-state index in [1.165, 1.54) is 0 Å². The average Bonchev–Trinajstić information content (AvgIpc) is 2.93. The van der Waals surface area contributed by atoms with Crippen LogP contribution in [0.5, 0.6) is 0 Å². The van der Waals surface area contributed by atoms with Crippen molar-refractivity contribution in [1.82, 2.24) is 24.2 Å². The van der Waals surface area contributed by atoms with Gasteiger partial charge in [-0.3, -0.25) is 14.4 Å². The monoisotopic (exact) mass is 364 g/mol. The summed E-state index contributed by atoms with van der Waals surface area (Å²) in [5.74, 6) is 0.777. The zero-order valence-electron chi connectivity index (χ0n) is 15.7. The minimum absolute atomic E-state index is 0.0648. The second-order valence-electron chi connectivity index (χ2n) is 6.85. The highest BCUT2D eigenvalue weighted by atomic mass is 16.1. The Kier molecular flexibility index (Phi) is 4.77. The lowest BCUT2D eigenvalue weighted by Gasteiger charge is -2.34. The molecule has 0 spiro atoms. The van der Waals surface area contributed by atoms with Crippen LogP contribution < -0.4 is 10.5 Å². The molecule has 0 saturated carbocycles. The van der Waals surface area contributed by atoms with Crippen LogP contribution in [-0.4, -0.2) is 50.4 Å². The highest BCUT2D eigenvalue weighted by Gasteiger charge is 2.22. The van der Waals surface area contributed by atoms with Crippen molar-refractivity contribution >= 4 is 5.95 Å². The normalized spacial score (nSPS) is 15.3. The molecule has 3 aromatic rings. The van der Waals surface area contributed by atoms with Gasteiger partial charge in [0.15, 0.2) is 0 Å². The number of piperazine rings is 1. The Morgan fingerprint density at radius 3 is 2.30 bits per heavy atom. The third-order valence-corrected chi connectivity index (χ3v) is 5.26. The quantitative estimate of drug-likeness (QED) is 0.704. The Hall–Kier alpha value is -2.93. The van der Waals surface area contributed by atoms with Crippen molar-refractivity contribution in [3.63, 3.8) is 0 Å². The smallest absolute Gasteiger partial charge is 0.276 e. The van der Waals surface area contributed by atoms with Crippen molar-refractivity contribution in [2.75, 3.05) is 31.1 Å². The molecule has 27 heavy (non-hydrogen) atoms. The first kappa shape index (κ1) is 17.5. The Morgan fingerprint density at radius 2 is 1.63 bits per heavy atom. The summed E-state index contributed by atoms with van der Waals surface area (Å²) in [7, 11) is 1.94. The molecule has 0 N–H and O–H groups in total. The fourth-order valence-electron chi connectivity index (χ4n) is 3.59. The van der Waals surface area contributed by atoms with Crippen LogP contribution in [-0.2, 0) is 13.6 Å². The summed E-state index contributed by atoms with van der Waals surface area (Å²) in [6, 6.07) is 11.6. The molecule has 1 aromatic carbocycles.